The number of unbranched alkanes of at least 4 members (excludes halogenated alkanes) is 1. The van der Waals surface area contributed by atoms with Crippen molar-refractivity contribution in [1.82, 2.24) is 19.3 Å². The molecular weight excluding hydrogens is 844 g/mol. The van der Waals surface area contributed by atoms with Crippen molar-refractivity contribution >= 4 is 21.8 Å². The normalized spacial score (nSPS) is 17.6. The second-order valence-electron chi connectivity index (χ2n) is 17.1. The number of hydrogen-bond donors (Lipinski definition) is 0. The Hall–Kier alpha value is -3.95. The molecule has 0 radical (unpaired) electrons. The average Bonchev–Trinajstić information content (AvgIpc) is 3.60. The van der Waals surface area contributed by atoms with Gasteiger partial charge in [-0.05, 0) is 97.5 Å². The van der Waals surface area contributed by atoms with Crippen LogP contribution in [0.15, 0.2) is 78.5 Å². The van der Waals surface area contributed by atoms with Gasteiger partial charge in [0.1, 0.15) is 5.82 Å². The van der Waals surface area contributed by atoms with Gasteiger partial charge in [0.05, 0.1) is 5.69 Å². The van der Waals surface area contributed by atoms with Crippen molar-refractivity contribution in [2.75, 3.05) is 0 Å². The molecule has 7 rings (SSSR count). The first kappa shape index (κ1) is 39.7. The summed E-state index contributed by atoms with van der Waals surface area (Å²) in [7, 11) is 0. The van der Waals surface area contributed by atoms with Crippen LogP contribution in [0, 0.1) is 36.8 Å². The molecular formula is C48H56N4OPt. The Balaban J connectivity index is 0.00000497. The van der Waals surface area contributed by atoms with E-state index in [0.29, 0.717) is 35.2 Å². The minimum atomic E-state index is -0.114. The molecule has 0 saturated heterocycles. The van der Waals surface area contributed by atoms with E-state index in [1.165, 1.54) is 39.8 Å². The van der Waals surface area contributed by atoms with Crippen LogP contribution in [-0.2, 0) is 39.3 Å². The van der Waals surface area contributed by atoms with Crippen LogP contribution in [0.1, 0.15) is 116 Å². The van der Waals surface area contributed by atoms with E-state index in [0.717, 1.165) is 59.3 Å². The van der Waals surface area contributed by atoms with Crippen LogP contribution >= 0.6 is 0 Å². The maximum atomic E-state index is 6.77. The van der Waals surface area contributed by atoms with E-state index >= 15 is 0 Å². The van der Waals surface area contributed by atoms with Gasteiger partial charge in [-0.15, -0.1) is 41.3 Å². The third-order valence-corrected chi connectivity index (χ3v) is 11.0. The van der Waals surface area contributed by atoms with Crippen LogP contribution < -0.4 is 4.74 Å². The molecule has 0 bridgehead atoms. The van der Waals surface area contributed by atoms with Crippen molar-refractivity contribution in [3.8, 4) is 23.0 Å². The van der Waals surface area contributed by atoms with Crippen LogP contribution in [0.5, 0.6) is 11.5 Å². The first-order valence-corrected chi connectivity index (χ1v) is 19.8. The monoisotopic (exact) mass is 899 g/mol. The van der Waals surface area contributed by atoms with Gasteiger partial charge in [-0.3, -0.25) is 4.68 Å². The second kappa shape index (κ2) is 16.0. The van der Waals surface area contributed by atoms with Crippen molar-refractivity contribution in [2.24, 2.45) is 17.8 Å². The minimum Gasteiger partial charge on any atom is -0.509 e. The summed E-state index contributed by atoms with van der Waals surface area (Å²) in [5.41, 5.74) is 10.6. The van der Waals surface area contributed by atoms with Crippen LogP contribution in [0.4, 0.5) is 0 Å². The average molecular weight is 900 g/mol. The summed E-state index contributed by atoms with van der Waals surface area (Å²) in [6, 6.07) is 28.8. The maximum Gasteiger partial charge on any atom is 2.00 e. The minimum absolute atomic E-state index is 0. The van der Waals surface area contributed by atoms with Gasteiger partial charge in [0.15, 0.2) is 0 Å². The van der Waals surface area contributed by atoms with Gasteiger partial charge in [0.2, 0.25) is 0 Å². The molecule has 1 aliphatic carbocycles. The van der Waals surface area contributed by atoms with Crippen LogP contribution in [0.2, 0.25) is 0 Å². The number of fused-ring (bicyclic) bond motifs is 3. The fourth-order valence-electron chi connectivity index (χ4n) is 8.68. The number of allylic oxidation sites excluding steroid dienone is 2. The van der Waals surface area contributed by atoms with Crippen LogP contribution in [0.3, 0.4) is 0 Å². The molecule has 284 valence electrons. The summed E-state index contributed by atoms with van der Waals surface area (Å²) >= 11 is 0. The Morgan fingerprint density at radius 1 is 0.944 bits per heavy atom. The van der Waals surface area contributed by atoms with E-state index in [1.807, 2.05) is 12.3 Å². The predicted molar refractivity (Wildman–Crippen MR) is 220 cm³/mol. The van der Waals surface area contributed by atoms with E-state index in [2.05, 4.69) is 151 Å². The molecule has 6 aromatic rings. The van der Waals surface area contributed by atoms with E-state index in [1.54, 1.807) is 0 Å². The molecule has 3 aromatic heterocycles. The number of pyridine rings is 1. The third-order valence-electron chi connectivity index (χ3n) is 11.0. The molecule has 1 unspecified atom stereocenters. The molecule has 1 aliphatic rings. The largest absolute Gasteiger partial charge is 2.00 e. The van der Waals surface area contributed by atoms with E-state index in [-0.39, 0.29) is 26.5 Å². The SMILES string of the molecule is CCCCc1c(C2C(C)=C[C@H](C)C[C@@H]2C)c(C)nn1-c1[c-]c(Oc2[c-]c3c(cc2)c2ccccc2n3-c2cc(CC(C)C)ccn2)cc(C(C)(C)C)c1.[Pt+2]. The van der Waals surface area contributed by atoms with Gasteiger partial charge < -0.3 is 9.30 Å². The Morgan fingerprint density at radius 3 is 2.44 bits per heavy atom. The summed E-state index contributed by atoms with van der Waals surface area (Å²) in [5, 5.41) is 7.57. The molecule has 3 heterocycles. The number of benzene rings is 3. The fraction of sp³-hybridized carbons (Fsp3) is 0.417. The Kier molecular flexibility index (Phi) is 11.8. The molecule has 6 heteroatoms. The van der Waals surface area contributed by atoms with Gasteiger partial charge in [0, 0.05) is 40.4 Å². The van der Waals surface area contributed by atoms with E-state index < -0.39 is 0 Å². The number of aromatic nitrogens is 4. The molecule has 3 atom stereocenters. The molecule has 5 nitrogen and oxygen atoms in total. The molecule has 3 aromatic carbocycles. The third kappa shape index (κ3) is 7.90. The molecule has 0 aliphatic heterocycles. The molecule has 0 N–H and O–H groups in total. The number of rotatable bonds is 10. The molecule has 0 spiro atoms. The van der Waals surface area contributed by atoms with Crippen molar-refractivity contribution < 1.29 is 25.8 Å². The topological polar surface area (TPSA) is 44.9 Å². The van der Waals surface area contributed by atoms with Gasteiger partial charge in [-0.25, -0.2) is 4.98 Å². The molecule has 0 fully saturated rings. The molecule has 0 amide bonds. The first-order valence-electron chi connectivity index (χ1n) is 19.8. The van der Waals surface area contributed by atoms with Gasteiger partial charge in [0.25, 0.3) is 0 Å². The van der Waals surface area contributed by atoms with Crippen molar-refractivity contribution in [1.29, 1.82) is 0 Å². The summed E-state index contributed by atoms with van der Waals surface area (Å²) < 4.78 is 11.2. The number of ether oxygens (including phenoxy) is 1. The summed E-state index contributed by atoms with van der Waals surface area (Å²) in [4.78, 5) is 4.85. The fourth-order valence-corrected chi connectivity index (χ4v) is 8.68. The Labute approximate surface area is 337 Å². The molecule has 0 saturated carbocycles. The molecule has 54 heavy (non-hydrogen) atoms. The predicted octanol–water partition coefficient (Wildman–Crippen LogP) is 12.6. The number of aryl methyl sites for hydroxylation is 1. The number of nitrogens with zero attached hydrogens (tertiary/aromatic N) is 4. The smallest absolute Gasteiger partial charge is 0.509 e. The summed E-state index contributed by atoms with van der Waals surface area (Å²) in [5.74, 6) is 4.29. The summed E-state index contributed by atoms with van der Waals surface area (Å²) in [6.07, 6.45) is 9.81. The van der Waals surface area contributed by atoms with Crippen molar-refractivity contribution in [3.63, 3.8) is 0 Å². The zero-order chi connectivity index (χ0) is 37.6. The second-order valence-corrected chi connectivity index (χ2v) is 17.1. The Bertz CT molecular complexity index is 2300. The maximum absolute atomic E-state index is 6.77. The summed E-state index contributed by atoms with van der Waals surface area (Å²) in [6.45, 7) is 22.8. The zero-order valence-corrected chi connectivity index (χ0v) is 36.1. The van der Waals surface area contributed by atoms with Crippen LogP contribution in [-0.4, -0.2) is 19.3 Å². The first-order chi connectivity index (χ1) is 25.3. The standard InChI is InChI=1S/C48H56N4O.Pt/c1-11-12-16-43-47(46-32(5)23-31(4)24-33(46)6)34(7)50-52(43)37-26-36(48(8,9)10)27-39(28-37)53-38-18-19-41-40-15-13-14-17-42(40)51(44(41)29-38)45-25-35(20-21-49-45)22-30(2)3;/h13-15,17-21,23,25-27,30-31,33,46H,11-12,16,22,24H2,1-10H3;/q-2;+2/t31-,33-,46?;/m0./s1. The number of hydrogen-bond acceptors (Lipinski definition) is 3. The van der Waals surface area contributed by atoms with Gasteiger partial charge in [-0.1, -0.05) is 97.2 Å². The van der Waals surface area contributed by atoms with Crippen molar-refractivity contribution in [3.05, 3.63) is 119 Å². The van der Waals surface area contributed by atoms with E-state index in [4.69, 9.17) is 14.8 Å². The Morgan fingerprint density at radius 2 is 1.72 bits per heavy atom. The van der Waals surface area contributed by atoms with Gasteiger partial charge in [-0.2, -0.15) is 11.2 Å². The number of para-hydroxylation sites is 1. The van der Waals surface area contributed by atoms with Crippen LogP contribution in [0.25, 0.3) is 33.3 Å². The van der Waals surface area contributed by atoms with Gasteiger partial charge >= 0.3 is 21.1 Å². The van der Waals surface area contributed by atoms with Crippen molar-refractivity contribution in [2.45, 2.75) is 113 Å². The van der Waals surface area contributed by atoms with E-state index in [9.17, 15) is 0 Å². The quantitative estimate of drug-likeness (QED) is 0.102. The zero-order valence-electron chi connectivity index (χ0n) is 33.8.